The number of rotatable bonds is 5. The molecule has 0 aromatic heterocycles. The minimum absolute atomic E-state index is 0.132. The summed E-state index contributed by atoms with van der Waals surface area (Å²) in [5, 5.41) is 21.0. The molecule has 0 spiro atoms. The van der Waals surface area contributed by atoms with Gasteiger partial charge in [-0.3, -0.25) is 14.7 Å². The van der Waals surface area contributed by atoms with Gasteiger partial charge in [0.15, 0.2) is 0 Å². The molecule has 0 fully saturated rings. The van der Waals surface area contributed by atoms with Crippen molar-refractivity contribution in [3.63, 3.8) is 0 Å². The van der Waals surface area contributed by atoms with E-state index in [4.69, 9.17) is 0 Å². The third-order valence-corrected chi connectivity index (χ3v) is 5.56. The highest BCUT2D eigenvalue weighted by Gasteiger charge is 2.37. The van der Waals surface area contributed by atoms with Gasteiger partial charge in [-0.25, -0.2) is 0 Å². The van der Waals surface area contributed by atoms with Gasteiger partial charge in [-0.05, 0) is 28.3 Å². The molecule has 1 aliphatic carbocycles. The van der Waals surface area contributed by atoms with Crippen LogP contribution in [0.4, 0.5) is 5.69 Å². The van der Waals surface area contributed by atoms with E-state index in [0.717, 1.165) is 11.1 Å². The van der Waals surface area contributed by atoms with Crippen molar-refractivity contribution in [3.8, 4) is 5.75 Å². The second-order valence-electron chi connectivity index (χ2n) is 7.12. The first-order valence-corrected chi connectivity index (χ1v) is 10.1. The van der Waals surface area contributed by atoms with Gasteiger partial charge >= 0.3 is 0 Å². The third kappa shape index (κ3) is 3.69. The van der Waals surface area contributed by atoms with Gasteiger partial charge in [0.1, 0.15) is 11.5 Å². The predicted octanol–water partition coefficient (Wildman–Crippen LogP) is 3.95. The summed E-state index contributed by atoms with van der Waals surface area (Å²) in [4.78, 5) is 10.4. The van der Waals surface area contributed by atoms with Crippen LogP contribution in [0.5, 0.6) is 5.75 Å². The minimum atomic E-state index is -4.27. The van der Waals surface area contributed by atoms with Crippen molar-refractivity contribution < 1.29 is 23.0 Å². The highest BCUT2D eigenvalue weighted by atomic mass is 32.2. The Morgan fingerprint density at radius 2 is 1.82 bits per heavy atom. The molecule has 0 radical (unpaired) electrons. The van der Waals surface area contributed by atoms with Gasteiger partial charge in [0, 0.05) is 23.1 Å². The van der Waals surface area contributed by atoms with E-state index in [1.54, 1.807) is 18.2 Å². The molecular weight excluding hydrogens is 382 g/mol. The van der Waals surface area contributed by atoms with E-state index in [-0.39, 0.29) is 17.0 Å². The molecule has 2 aromatic carbocycles. The topological polar surface area (TPSA) is 118 Å². The number of nitro benzene ring substituents is 1. The Morgan fingerprint density at radius 3 is 2.46 bits per heavy atom. The van der Waals surface area contributed by atoms with Crippen LogP contribution in [0, 0.1) is 10.1 Å². The van der Waals surface area contributed by atoms with Crippen LogP contribution >= 0.6 is 0 Å². The Morgan fingerprint density at radius 1 is 1.14 bits per heavy atom. The molecule has 0 saturated heterocycles. The largest absolute Gasteiger partial charge is 0.507 e. The van der Waals surface area contributed by atoms with Crippen LogP contribution < -0.4 is 0 Å². The molecule has 8 heteroatoms. The molecule has 1 aliphatic rings. The molecule has 28 heavy (non-hydrogen) atoms. The molecule has 0 aliphatic heterocycles. The summed E-state index contributed by atoms with van der Waals surface area (Å²) in [6.45, 7) is 3.85. The van der Waals surface area contributed by atoms with Gasteiger partial charge in [0.05, 0.1) is 4.92 Å². The summed E-state index contributed by atoms with van der Waals surface area (Å²) in [6, 6.07) is 11.0. The summed E-state index contributed by atoms with van der Waals surface area (Å²) in [5.41, 5.74) is 2.27. The number of nitro groups is 1. The second-order valence-corrected chi connectivity index (χ2v) is 8.58. The molecule has 2 aromatic rings. The number of aromatic hydroxyl groups is 1. The van der Waals surface area contributed by atoms with Crippen LogP contribution in [0.15, 0.2) is 54.1 Å². The van der Waals surface area contributed by atoms with E-state index in [2.05, 4.69) is 0 Å². The average molecular weight is 401 g/mol. The van der Waals surface area contributed by atoms with Crippen molar-refractivity contribution in [1.29, 1.82) is 0 Å². The van der Waals surface area contributed by atoms with Gasteiger partial charge < -0.3 is 5.11 Å². The molecule has 3 rings (SSSR count). The van der Waals surface area contributed by atoms with Crippen molar-refractivity contribution in [2.75, 3.05) is 5.75 Å². The van der Waals surface area contributed by atoms with Gasteiger partial charge in [-0.2, -0.15) is 8.42 Å². The summed E-state index contributed by atoms with van der Waals surface area (Å²) in [7, 11) is -4.27. The Balaban J connectivity index is 2.15. The molecule has 0 bridgehead atoms. The van der Waals surface area contributed by atoms with Crippen LogP contribution in [0.3, 0.4) is 0 Å². The van der Waals surface area contributed by atoms with Crippen molar-refractivity contribution >= 4 is 27.5 Å². The van der Waals surface area contributed by atoms with Crippen LogP contribution in [0.2, 0.25) is 0 Å². The maximum atomic E-state index is 11.6. The van der Waals surface area contributed by atoms with Gasteiger partial charge in [-0.1, -0.05) is 50.3 Å². The van der Waals surface area contributed by atoms with Crippen molar-refractivity contribution in [2.45, 2.75) is 19.3 Å². The summed E-state index contributed by atoms with van der Waals surface area (Å²) in [6.07, 6.45) is 3.15. The quantitative estimate of drug-likeness (QED) is 0.445. The second kappa shape index (κ2) is 6.88. The van der Waals surface area contributed by atoms with E-state index in [0.29, 0.717) is 11.1 Å². The summed E-state index contributed by atoms with van der Waals surface area (Å²) < 4.78 is 32.6. The molecule has 0 amide bonds. The van der Waals surface area contributed by atoms with E-state index in [1.165, 1.54) is 24.3 Å². The normalized spacial score (nSPS) is 15.8. The number of hydrogen-bond acceptors (Lipinski definition) is 5. The molecule has 7 nitrogen and oxygen atoms in total. The fourth-order valence-electron chi connectivity index (χ4n) is 3.57. The van der Waals surface area contributed by atoms with E-state index in [1.807, 2.05) is 26.0 Å². The summed E-state index contributed by atoms with van der Waals surface area (Å²) >= 11 is 0. The number of hydrogen-bond donors (Lipinski definition) is 2. The zero-order valence-corrected chi connectivity index (χ0v) is 16.1. The third-order valence-electron chi connectivity index (χ3n) is 4.90. The molecule has 0 unspecified atom stereocenters. The Kier molecular flexibility index (Phi) is 4.86. The molecule has 0 heterocycles. The number of benzene rings is 2. The maximum absolute atomic E-state index is 11.6. The minimum Gasteiger partial charge on any atom is -0.507 e. The molecular formula is C20H19NO6S. The maximum Gasteiger partial charge on any atom is 0.270 e. The number of allylic oxidation sites excluding steroid dienone is 2. The van der Waals surface area contributed by atoms with Crippen molar-refractivity contribution in [1.82, 2.24) is 0 Å². The fourth-order valence-corrected chi connectivity index (χ4v) is 4.24. The standard InChI is InChI=1S/C20H19NO6S/c1-20(2)17-6-4-3-5-15(17)16(12-28(25,26)27)18(20)9-7-13-11-14(21(23)24)8-10-19(13)22/h3-11,22H,12H2,1-2H3,(H,25,26,27)/b9-7+. The first kappa shape index (κ1) is 19.8. The van der Waals surface area contributed by atoms with Crippen LogP contribution in [0.25, 0.3) is 11.6 Å². The van der Waals surface area contributed by atoms with E-state index < -0.39 is 26.2 Å². The van der Waals surface area contributed by atoms with Crippen molar-refractivity contribution in [3.05, 3.63) is 80.9 Å². The summed E-state index contributed by atoms with van der Waals surface area (Å²) in [5.74, 6) is -0.680. The number of fused-ring (bicyclic) bond motifs is 1. The number of phenols is 1. The van der Waals surface area contributed by atoms with Crippen LogP contribution in [-0.2, 0) is 15.5 Å². The van der Waals surface area contributed by atoms with Gasteiger partial charge in [0.2, 0.25) is 0 Å². The Labute approximate surface area is 162 Å². The molecule has 146 valence electrons. The van der Waals surface area contributed by atoms with Crippen LogP contribution in [-0.4, -0.2) is 28.8 Å². The molecule has 2 N–H and O–H groups in total. The Bertz CT molecular complexity index is 1130. The smallest absolute Gasteiger partial charge is 0.270 e. The predicted molar refractivity (Wildman–Crippen MR) is 107 cm³/mol. The Hall–Kier alpha value is -2.97. The molecule has 0 saturated carbocycles. The van der Waals surface area contributed by atoms with Gasteiger partial charge in [0.25, 0.3) is 15.8 Å². The highest BCUT2D eigenvalue weighted by Crippen LogP contribution is 2.47. The fraction of sp³-hybridized carbons (Fsp3) is 0.200. The van der Waals surface area contributed by atoms with Crippen LogP contribution in [0.1, 0.15) is 30.5 Å². The average Bonchev–Trinajstić information content (AvgIpc) is 2.80. The number of non-ortho nitro benzene ring substituents is 1. The highest BCUT2D eigenvalue weighted by molar-refractivity contribution is 7.86. The first-order chi connectivity index (χ1) is 13.0. The zero-order valence-electron chi connectivity index (χ0n) is 15.3. The lowest BCUT2D eigenvalue weighted by Crippen LogP contribution is -2.16. The number of nitrogens with zero attached hydrogens (tertiary/aromatic N) is 1. The van der Waals surface area contributed by atoms with Crippen molar-refractivity contribution in [2.24, 2.45) is 0 Å². The number of phenolic OH excluding ortho intramolecular Hbond substituents is 1. The lowest BCUT2D eigenvalue weighted by atomic mass is 9.81. The first-order valence-electron chi connectivity index (χ1n) is 8.45. The zero-order chi connectivity index (χ0) is 20.7. The monoisotopic (exact) mass is 401 g/mol. The van der Waals surface area contributed by atoms with Gasteiger partial charge in [-0.15, -0.1) is 0 Å². The lowest BCUT2D eigenvalue weighted by Gasteiger charge is -2.23. The van der Waals surface area contributed by atoms with E-state index >= 15 is 0 Å². The van der Waals surface area contributed by atoms with E-state index in [9.17, 15) is 28.2 Å². The molecule has 0 atom stereocenters. The SMILES string of the molecule is CC1(C)C(/C=C/c2cc([N+](=O)[O-])ccc2O)=C(CS(=O)(=O)O)c2ccccc21. The lowest BCUT2D eigenvalue weighted by molar-refractivity contribution is -0.384.